The Morgan fingerprint density at radius 1 is 1.64 bits per heavy atom. The number of piperazine rings is 1. The summed E-state index contributed by atoms with van der Waals surface area (Å²) in [6.07, 6.45) is 1.10. The van der Waals surface area contributed by atoms with Crippen molar-refractivity contribution in [1.29, 1.82) is 0 Å². The van der Waals surface area contributed by atoms with E-state index in [2.05, 4.69) is 29.4 Å². The average molecular weight is 199 g/mol. The first-order chi connectivity index (χ1) is 6.70. The quantitative estimate of drug-likeness (QED) is 0.659. The van der Waals surface area contributed by atoms with Crippen LogP contribution in [0.1, 0.15) is 20.3 Å². The van der Waals surface area contributed by atoms with Crippen LogP contribution >= 0.6 is 0 Å². The summed E-state index contributed by atoms with van der Waals surface area (Å²) in [6, 6.07) is 0.453. The summed E-state index contributed by atoms with van der Waals surface area (Å²) in [5.74, 6) is 0.158. The maximum Gasteiger partial charge on any atom is 0.238 e. The lowest BCUT2D eigenvalue weighted by Crippen LogP contribution is -2.62. The molecule has 14 heavy (non-hydrogen) atoms. The number of amides is 1. The molecule has 0 aromatic rings. The maximum atomic E-state index is 11.6. The van der Waals surface area contributed by atoms with Crippen molar-refractivity contribution in [2.24, 2.45) is 0 Å². The largest absolute Gasteiger partial charge is 0.353 e. The number of hydrogen-bond acceptors (Lipinski definition) is 3. The highest BCUT2D eigenvalue weighted by atomic mass is 16.2. The third-order valence-electron chi connectivity index (χ3n) is 2.72. The van der Waals surface area contributed by atoms with E-state index >= 15 is 0 Å². The highest BCUT2D eigenvalue weighted by molar-refractivity contribution is 5.82. The summed E-state index contributed by atoms with van der Waals surface area (Å²) in [6.45, 7) is 6.82. The standard InChI is InChI=1S/C10H21N3O/c1-4-5-13-8(2)6-12-10(14)9(13)7-11-3/h8-9,11H,4-7H2,1-3H3,(H,12,14). The van der Waals surface area contributed by atoms with E-state index in [0.717, 1.165) is 26.1 Å². The molecule has 0 bridgehead atoms. The normalized spacial score (nSPS) is 28.9. The Balaban J connectivity index is 2.64. The second-order valence-corrected chi connectivity index (χ2v) is 3.91. The van der Waals surface area contributed by atoms with Gasteiger partial charge in [-0.1, -0.05) is 6.92 Å². The molecule has 2 N–H and O–H groups in total. The lowest BCUT2D eigenvalue weighted by Gasteiger charge is -2.39. The fraction of sp³-hybridized carbons (Fsp3) is 0.900. The first kappa shape index (κ1) is 11.5. The Bertz CT molecular complexity index is 196. The van der Waals surface area contributed by atoms with E-state index in [1.807, 2.05) is 7.05 Å². The molecule has 1 aliphatic heterocycles. The molecule has 2 atom stereocenters. The van der Waals surface area contributed by atoms with Gasteiger partial charge in [-0.25, -0.2) is 0 Å². The van der Waals surface area contributed by atoms with E-state index in [-0.39, 0.29) is 11.9 Å². The van der Waals surface area contributed by atoms with E-state index in [1.165, 1.54) is 0 Å². The predicted molar refractivity (Wildman–Crippen MR) is 57.2 cm³/mol. The monoisotopic (exact) mass is 199 g/mol. The Kier molecular flexibility index (Phi) is 4.35. The molecule has 1 aliphatic rings. The van der Waals surface area contributed by atoms with Crippen LogP contribution in [0.2, 0.25) is 0 Å². The van der Waals surface area contributed by atoms with Crippen LogP contribution in [0.25, 0.3) is 0 Å². The SMILES string of the molecule is CCCN1C(C)CNC(=O)C1CNC. The molecule has 82 valence electrons. The molecule has 0 saturated carbocycles. The molecule has 1 heterocycles. The third kappa shape index (κ3) is 2.45. The summed E-state index contributed by atoms with van der Waals surface area (Å²) in [4.78, 5) is 13.9. The zero-order chi connectivity index (χ0) is 10.6. The van der Waals surface area contributed by atoms with E-state index in [1.54, 1.807) is 0 Å². The second kappa shape index (κ2) is 5.32. The molecular formula is C10H21N3O. The Morgan fingerprint density at radius 3 is 2.93 bits per heavy atom. The number of carbonyl (C=O) groups excluding carboxylic acids is 1. The second-order valence-electron chi connectivity index (χ2n) is 3.91. The van der Waals surface area contributed by atoms with Crippen molar-refractivity contribution in [3.8, 4) is 0 Å². The van der Waals surface area contributed by atoms with Crippen LogP contribution in [0.3, 0.4) is 0 Å². The first-order valence-corrected chi connectivity index (χ1v) is 5.38. The third-order valence-corrected chi connectivity index (χ3v) is 2.72. The van der Waals surface area contributed by atoms with Gasteiger partial charge in [0.1, 0.15) is 6.04 Å². The van der Waals surface area contributed by atoms with Gasteiger partial charge < -0.3 is 10.6 Å². The minimum Gasteiger partial charge on any atom is -0.353 e. The lowest BCUT2D eigenvalue weighted by molar-refractivity contribution is -0.130. The Morgan fingerprint density at radius 2 is 2.36 bits per heavy atom. The van der Waals surface area contributed by atoms with Gasteiger partial charge in [-0.2, -0.15) is 0 Å². The van der Waals surface area contributed by atoms with Crippen LogP contribution < -0.4 is 10.6 Å². The Hall–Kier alpha value is -0.610. The summed E-state index contributed by atoms with van der Waals surface area (Å²) in [5.41, 5.74) is 0. The van der Waals surface area contributed by atoms with Gasteiger partial charge in [0.25, 0.3) is 0 Å². The topological polar surface area (TPSA) is 44.4 Å². The fourth-order valence-corrected chi connectivity index (χ4v) is 1.98. The zero-order valence-corrected chi connectivity index (χ0v) is 9.34. The number of rotatable bonds is 4. The van der Waals surface area contributed by atoms with Crippen molar-refractivity contribution in [2.45, 2.75) is 32.4 Å². The minimum absolute atomic E-state index is 0.00343. The van der Waals surface area contributed by atoms with Gasteiger partial charge in [0.2, 0.25) is 5.91 Å². The number of likely N-dealkylation sites (N-methyl/N-ethyl adjacent to an activating group) is 1. The molecule has 0 radical (unpaired) electrons. The highest BCUT2D eigenvalue weighted by Gasteiger charge is 2.32. The molecule has 0 spiro atoms. The Labute approximate surface area is 86.0 Å². The molecule has 0 aromatic heterocycles. The van der Waals surface area contributed by atoms with Crippen LogP contribution in [0.5, 0.6) is 0 Å². The average Bonchev–Trinajstić information content (AvgIpc) is 2.17. The molecule has 1 rings (SSSR count). The molecule has 4 heteroatoms. The van der Waals surface area contributed by atoms with E-state index in [9.17, 15) is 4.79 Å². The molecule has 2 unspecified atom stereocenters. The van der Waals surface area contributed by atoms with Crippen molar-refractivity contribution in [3.63, 3.8) is 0 Å². The summed E-state index contributed by atoms with van der Waals surface area (Å²) in [7, 11) is 1.89. The fourth-order valence-electron chi connectivity index (χ4n) is 1.98. The van der Waals surface area contributed by atoms with E-state index < -0.39 is 0 Å². The van der Waals surface area contributed by atoms with E-state index in [0.29, 0.717) is 6.04 Å². The zero-order valence-electron chi connectivity index (χ0n) is 9.34. The van der Waals surface area contributed by atoms with Crippen molar-refractivity contribution in [2.75, 3.05) is 26.7 Å². The first-order valence-electron chi connectivity index (χ1n) is 5.38. The number of hydrogen-bond donors (Lipinski definition) is 2. The molecule has 1 saturated heterocycles. The van der Waals surface area contributed by atoms with Gasteiger partial charge in [-0.3, -0.25) is 9.69 Å². The minimum atomic E-state index is 0.00343. The van der Waals surface area contributed by atoms with Crippen molar-refractivity contribution < 1.29 is 4.79 Å². The molecule has 0 aliphatic carbocycles. The summed E-state index contributed by atoms with van der Waals surface area (Å²) < 4.78 is 0. The van der Waals surface area contributed by atoms with Gasteiger partial charge in [0.05, 0.1) is 0 Å². The smallest absolute Gasteiger partial charge is 0.238 e. The van der Waals surface area contributed by atoms with Crippen LogP contribution in [-0.2, 0) is 4.79 Å². The molecule has 0 aromatic carbocycles. The maximum absolute atomic E-state index is 11.6. The number of nitrogens with one attached hydrogen (secondary N) is 2. The molecule has 4 nitrogen and oxygen atoms in total. The van der Waals surface area contributed by atoms with Gasteiger partial charge in [0.15, 0.2) is 0 Å². The van der Waals surface area contributed by atoms with Gasteiger partial charge >= 0.3 is 0 Å². The number of nitrogens with zero attached hydrogens (tertiary/aromatic N) is 1. The van der Waals surface area contributed by atoms with Crippen molar-refractivity contribution in [1.82, 2.24) is 15.5 Å². The van der Waals surface area contributed by atoms with Crippen LogP contribution in [0.4, 0.5) is 0 Å². The van der Waals surface area contributed by atoms with Crippen molar-refractivity contribution in [3.05, 3.63) is 0 Å². The molecule has 1 amide bonds. The predicted octanol–water partition coefficient (Wildman–Crippen LogP) is -0.195. The van der Waals surface area contributed by atoms with Crippen LogP contribution in [0, 0.1) is 0 Å². The van der Waals surface area contributed by atoms with Gasteiger partial charge in [-0.05, 0) is 26.9 Å². The molecule has 1 fully saturated rings. The highest BCUT2D eigenvalue weighted by Crippen LogP contribution is 2.10. The van der Waals surface area contributed by atoms with Gasteiger partial charge in [0, 0.05) is 19.1 Å². The summed E-state index contributed by atoms with van der Waals surface area (Å²) in [5, 5.41) is 6.01. The summed E-state index contributed by atoms with van der Waals surface area (Å²) >= 11 is 0. The van der Waals surface area contributed by atoms with E-state index in [4.69, 9.17) is 0 Å². The van der Waals surface area contributed by atoms with Crippen LogP contribution in [0.15, 0.2) is 0 Å². The van der Waals surface area contributed by atoms with Crippen molar-refractivity contribution >= 4 is 5.91 Å². The number of carbonyl (C=O) groups is 1. The van der Waals surface area contributed by atoms with Gasteiger partial charge in [-0.15, -0.1) is 0 Å². The molecular weight excluding hydrogens is 178 g/mol. The lowest BCUT2D eigenvalue weighted by atomic mass is 10.1. The van der Waals surface area contributed by atoms with Crippen LogP contribution in [-0.4, -0.2) is 49.6 Å².